The van der Waals surface area contributed by atoms with E-state index in [4.69, 9.17) is 0 Å². The summed E-state index contributed by atoms with van der Waals surface area (Å²) >= 11 is 0. The molecule has 0 aromatic carbocycles. The molecule has 0 unspecified atom stereocenters. The number of hydrogen-bond donors (Lipinski definition) is 1. The number of fused-ring (bicyclic) bond motifs is 1. The molecule has 0 fully saturated rings. The Bertz CT molecular complexity index is 360. The van der Waals surface area contributed by atoms with Crippen LogP contribution in [0.5, 0.6) is 0 Å². The van der Waals surface area contributed by atoms with Crippen molar-refractivity contribution in [3.05, 3.63) is 17.7 Å². The summed E-state index contributed by atoms with van der Waals surface area (Å²) in [6.45, 7) is 8.83. The minimum atomic E-state index is 0.231. The second-order valence-electron chi connectivity index (χ2n) is 6.07. The van der Waals surface area contributed by atoms with E-state index in [0.29, 0.717) is 0 Å². The first-order valence-corrected chi connectivity index (χ1v) is 6.84. The van der Waals surface area contributed by atoms with Crippen molar-refractivity contribution >= 4 is 0 Å². The quantitative estimate of drug-likeness (QED) is 0.813. The van der Waals surface area contributed by atoms with Gasteiger partial charge < -0.3 is 9.88 Å². The summed E-state index contributed by atoms with van der Waals surface area (Å²) in [4.78, 5) is 4.53. The van der Waals surface area contributed by atoms with E-state index >= 15 is 0 Å². The van der Waals surface area contributed by atoms with Gasteiger partial charge in [-0.2, -0.15) is 0 Å². The molecule has 1 aliphatic carbocycles. The van der Waals surface area contributed by atoms with Crippen molar-refractivity contribution in [3.63, 3.8) is 0 Å². The number of rotatable bonds is 4. The highest BCUT2D eigenvalue weighted by Crippen LogP contribution is 2.19. The molecule has 1 aromatic heterocycles. The van der Waals surface area contributed by atoms with Gasteiger partial charge in [0.15, 0.2) is 0 Å². The van der Waals surface area contributed by atoms with E-state index in [9.17, 15) is 0 Å². The molecular formula is C14H25N3. The van der Waals surface area contributed by atoms with E-state index in [1.165, 1.54) is 43.5 Å². The van der Waals surface area contributed by atoms with Crippen LogP contribution < -0.4 is 5.32 Å². The van der Waals surface area contributed by atoms with Crippen LogP contribution in [0, 0.1) is 0 Å². The standard InChI is InChI=1S/C14H25N3/c1-14(2,3)16-9-6-10-17-11-15-12-7-4-5-8-13(12)17/h11,16H,4-10H2,1-3H3. The van der Waals surface area contributed by atoms with Gasteiger partial charge in [-0.3, -0.25) is 0 Å². The molecule has 1 heterocycles. The summed E-state index contributed by atoms with van der Waals surface area (Å²) in [5.74, 6) is 0. The lowest BCUT2D eigenvalue weighted by Crippen LogP contribution is -2.36. The zero-order valence-electron chi connectivity index (χ0n) is 11.4. The van der Waals surface area contributed by atoms with Crippen LogP contribution in [-0.4, -0.2) is 21.6 Å². The fourth-order valence-electron chi connectivity index (χ4n) is 2.44. The Labute approximate surface area is 105 Å². The van der Waals surface area contributed by atoms with Gasteiger partial charge in [0.2, 0.25) is 0 Å². The lowest BCUT2D eigenvalue weighted by molar-refractivity contribution is 0.412. The van der Waals surface area contributed by atoms with Gasteiger partial charge in [-0.25, -0.2) is 4.98 Å². The Morgan fingerprint density at radius 2 is 2.06 bits per heavy atom. The summed E-state index contributed by atoms with van der Waals surface area (Å²) in [7, 11) is 0. The Balaban J connectivity index is 1.81. The summed E-state index contributed by atoms with van der Waals surface area (Å²) < 4.78 is 2.36. The minimum absolute atomic E-state index is 0.231. The number of aromatic nitrogens is 2. The van der Waals surface area contributed by atoms with Crippen molar-refractivity contribution < 1.29 is 0 Å². The van der Waals surface area contributed by atoms with Crippen LogP contribution in [0.3, 0.4) is 0 Å². The van der Waals surface area contributed by atoms with Crippen LogP contribution in [0.4, 0.5) is 0 Å². The highest BCUT2D eigenvalue weighted by atomic mass is 15.1. The summed E-state index contributed by atoms with van der Waals surface area (Å²) in [5.41, 5.74) is 3.07. The second kappa shape index (κ2) is 5.21. The molecule has 0 aliphatic heterocycles. The van der Waals surface area contributed by atoms with E-state index in [0.717, 1.165) is 13.1 Å². The van der Waals surface area contributed by atoms with E-state index < -0.39 is 0 Å². The molecular weight excluding hydrogens is 210 g/mol. The SMILES string of the molecule is CC(C)(C)NCCCn1cnc2c1CCCC2. The molecule has 0 radical (unpaired) electrons. The van der Waals surface area contributed by atoms with Gasteiger partial charge in [0.1, 0.15) is 0 Å². The van der Waals surface area contributed by atoms with Crippen LogP contribution in [0.25, 0.3) is 0 Å². The molecule has 2 rings (SSSR count). The van der Waals surface area contributed by atoms with Crippen LogP contribution in [0.15, 0.2) is 6.33 Å². The predicted octanol–water partition coefficient (Wildman–Crippen LogP) is 2.54. The third kappa shape index (κ3) is 3.56. The maximum absolute atomic E-state index is 4.53. The first-order valence-electron chi connectivity index (χ1n) is 6.84. The van der Waals surface area contributed by atoms with E-state index in [1.54, 1.807) is 0 Å². The molecule has 1 aromatic rings. The van der Waals surface area contributed by atoms with Crippen molar-refractivity contribution in [1.29, 1.82) is 0 Å². The molecule has 1 aliphatic rings. The van der Waals surface area contributed by atoms with Crippen molar-refractivity contribution in [2.24, 2.45) is 0 Å². The normalized spacial score (nSPS) is 15.9. The van der Waals surface area contributed by atoms with E-state index in [1.807, 2.05) is 6.33 Å². The summed E-state index contributed by atoms with van der Waals surface area (Å²) in [5, 5.41) is 3.53. The fourth-order valence-corrected chi connectivity index (χ4v) is 2.44. The van der Waals surface area contributed by atoms with Crippen molar-refractivity contribution in [2.75, 3.05) is 6.54 Å². The third-order valence-electron chi connectivity index (χ3n) is 3.34. The third-order valence-corrected chi connectivity index (χ3v) is 3.34. The number of nitrogens with one attached hydrogen (secondary N) is 1. The largest absolute Gasteiger partial charge is 0.334 e. The van der Waals surface area contributed by atoms with Crippen molar-refractivity contribution in [3.8, 4) is 0 Å². The monoisotopic (exact) mass is 235 g/mol. The fraction of sp³-hybridized carbons (Fsp3) is 0.786. The maximum Gasteiger partial charge on any atom is 0.0951 e. The Morgan fingerprint density at radius 1 is 1.29 bits per heavy atom. The molecule has 96 valence electrons. The molecule has 0 saturated heterocycles. The van der Waals surface area contributed by atoms with Gasteiger partial charge in [0, 0.05) is 17.8 Å². The second-order valence-corrected chi connectivity index (χ2v) is 6.07. The smallest absolute Gasteiger partial charge is 0.0951 e. The average molecular weight is 235 g/mol. The number of hydrogen-bond acceptors (Lipinski definition) is 2. The number of nitrogens with zero attached hydrogens (tertiary/aromatic N) is 2. The highest BCUT2D eigenvalue weighted by molar-refractivity contribution is 5.16. The first-order chi connectivity index (χ1) is 8.06. The van der Waals surface area contributed by atoms with Gasteiger partial charge in [-0.05, 0) is 59.4 Å². The molecule has 3 nitrogen and oxygen atoms in total. The zero-order chi connectivity index (χ0) is 12.3. The van der Waals surface area contributed by atoms with Gasteiger partial charge in [0.25, 0.3) is 0 Å². The minimum Gasteiger partial charge on any atom is -0.334 e. The molecule has 0 saturated carbocycles. The van der Waals surface area contributed by atoms with Gasteiger partial charge in [-0.15, -0.1) is 0 Å². The van der Waals surface area contributed by atoms with E-state index in [2.05, 4.69) is 35.6 Å². The maximum atomic E-state index is 4.53. The topological polar surface area (TPSA) is 29.9 Å². The summed E-state index contributed by atoms with van der Waals surface area (Å²) in [6, 6.07) is 0. The molecule has 1 N–H and O–H groups in total. The molecule has 17 heavy (non-hydrogen) atoms. The summed E-state index contributed by atoms with van der Waals surface area (Å²) in [6.07, 6.45) is 8.27. The van der Waals surface area contributed by atoms with Crippen molar-refractivity contribution in [2.45, 2.75) is 65.0 Å². The zero-order valence-corrected chi connectivity index (χ0v) is 11.4. The lowest BCUT2D eigenvalue weighted by Gasteiger charge is -2.21. The molecule has 0 spiro atoms. The van der Waals surface area contributed by atoms with Gasteiger partial charge >= 0.3 is 0 Å². The van der Waals surface area contributed by atoms with E-state index in [-0.39, 0.29) is 5.54 Å². The lowest BCUT2D eigenvalue weighted by atomic mass is 10.0. The molecule has 3 heteroatoms. The van der Waals surface area contributed by atoms with Crippen LogP contribution in [0.1, 0.15) is 51.4 Å². The number of imidazole rings is 1. The van der Waals surface area contributed by atoms with Gasteiger partial charge in [-0.1, -0.05) is 0 Å². The Morgan fingerprint density at radius 3 is 2.82 bits per heavy atom. The van der Waals surface area contributed by atoms with Crippen molar-refractivity contribution in [1.82, 2.24) is 14.9 Å². The molecule has 0 bridgehead atoms. The average Bonchev–Trinajstić information content (AvgIpc) is 2.67. The highest BCUT2D eigenvalue weighted by Gasteiger charge is 2.14. The first kappa shape index (κ1) is 12.6. The Hall–Kier alpha value is -0.830. The number of aryl methyl sites for hydroxylation is 2. The van der Waals surface area contributed by atoms with Crippen LogP contribution in [-0.2, 0) is 19.4 Å². The van der Waals surface area contributed by atoms with Gasteiger partial charge in [0.05, 0.1) is 12.0 Å². The molecule has 0 atom stereocenters. The van der Waals surface area contributed by atoms with Crippen LogP contribution >= 0.6 is 0 Å². The van der Waals surface area contributed by atoms with Crippen LogP contribution in [0.2, 0.25) is 0 Å². The molecule has 0 amide bonds. The Kier molecular flexibility index (Phi) is 3.87. The predicted molar refractivity (Wildman–Crippen MR) is 71.2 cm³/mol.